The lowest BCUT2D eigenvalue weighted by Crippen LogP contribution is -2.44. The third-order valence-electron chi connectivity index (χ3n) is 6.31. The van der Waals surface area contributed by atoms with Gasteiger partial charge in [0.05, 0.1) is 18.8 Å². The maximum atomic E-state index is 12.9. The number of ether oxygens (including phenoxy) is 1. The summed E-state index contributed by atoms with van der Waals surface area (Å²) < 4.78 is 5.30. The quantitative estimate of drug-likeness (QED) is 0.351. The third kappa shape index (κ3) is 7.61. The standard InChI is InChI=1S/C27H34ClN7O2/c1-19-25(28)27(34-26(32-19)22-17-21(37-2)10-11-30-22)31-18-23(20-7-4-3-5-8-20)33-24(36)9-6-14-35-15-12-29-13-16-35/h3-5,7-8,10-11,17,23,29H,6,9,12-16,18H2,1-2H3,(H,33,36)(H,31,32,34)/t23-/m0/s1. The van der Waals surface area contributed by atoms with Gasteiger partial charge >= 0.3 is 0 Å². The number of benzene rings is 1. The Bertz CT molecular complexity index is 1170. The Morgan fingerprint density at radius 1 is 1.19 bits per heavy atom. The van der Waals surface area contributed by atoms with Gasteiger partial charge in [0.2, 0.25) is 5.91 Å². The number of halogens is 1. The molecule has 0 spiro atoms. The fourth-order valence-corrected chi connectivity index (χ4v) is 4.40. The number of rotatable bonds is 11. The Morgan fingerprint density at radius 3 is 2.73 bits per heavy atom. The number of pyridine rings is 1. The summed E-state index contributed by atoms with van der Waals surface area (Å²) in [6, 6.07) is 13.2. The number of anilines is 1. The summed E-state index contributed by atoms with van der Waals surface area (Å²) in [5.41, 5.74) is 2.22. The first-order chi connectivity index (χ1) is 18.0. The number of piperazine rings is 1. The van der Waals surface area contributed by atoms with E-state index in [9.17, 15) is 4.79 Å². The molecule has 10 heteroatoms. The Kier molecular flexibility index (Phi) is 9.65. The maximum absolute atomic E-state index is 12.9. The van der Waals surface area contributed by atoms with Crippen LogP contribution in [0.3, 0.4) is 0 Å². The molecule has 0 radical (unpaired) electrons. The molecule has 0 unspecified atom stereocenters. The second-order valence-corrected chi connectivity index (χ2v) is 9.36. The molecule has 0 bridgehead atoms. The molecule has 1 saturated heterocycles. The highest BCUT2D eigenvalue weighted by Crippen LogP contribution is 2.27. The molecule has 1 atom stereocenters. The van der Waals surface area contributed by atoms with E-state index in [1.807, 2.05) is 37.3 Å². The normalized spacial score (nSPS) is 14.7. The maximum Gasteiger partial charge on any atom is 0.220 e. The number of aromatic nitrogens is 3. The highest BCUT2D eigenvalue weighted by molar-refractivity contribution is 6.33. The van der Waals surface area contributed by atoms with Crippen molar-refractivity contribution in [3.63, 3.8) is 0 Å². The van der Waals surface area contributed by atoms with Gasteiger partial charge in [-0.2, -0.15) is 0 Å². The Labute approximate surface area is 223 Å². The van der Waals surface area contributed by atoms with Crippen molar-refractivity contribution in [2.45, 2.75) is 25.8 Å². The van der Waals surface area contributed by atoms with Gasteiger partial charge in [-0.3, -0.25) is 9.78 Å². The fraction of sp³-hybridized carbons (Fsp3) is 0.407. The predicted octanol–water partition coefficient (Wildman–Crippen LogP) is 3.46. The van der Waals surface area contributed by atoms with E-state index < -0.39 is 0 Å². The number of carbonyl (C=O) groups excluding carboxylic acids is 1. The smallest absolute Gasteiger partial charge is 0.220 e. The molecule has 1 aliphatic heterocycles. The average molecular weight is 524 g/mol. The lowest BCUT2D eigenvalue weighted by atomic mass is 10.1. The molecule has 2 aromatic heterocycles. The first kappa shape index (κ1) is 26.8. The van der Waals surface area contributed by atoms with Crippen LogP contribution in [0.25, 0.3) is 11.5 Å². The minimum absolute atomic E-state index is 0.0250. The van der Waals surface area contributed by atoms with Crippen LogP contribution in [0.1, 0.15) is 30.1 Å². The van der Waals surface area contributed by atoms with Crippen molar-refractivity contribution in [2.24, 2.45) is 0 Å². The van der Waals surface area contributed by atoms with Gasteiger partial charge in [-0.05, 0) is 31.5 Å². The topological polar surface area (TPSA) is 104 Å². The van der Waals surface area contributed by atoms with Crippen molar-refractivity contribution in [1.82, 2.24) is 30.5 Å². The first-order valence-electron chi connectivity index (χ1n) is 12.6. The molecule has 1 aromatic carbocycles. The molecule has 3 N–H and O–H groups in total. The van der Waals surface area contributed by atoms with E-state index >= 15 is 0 Å². The number of nitrogens with zero attached hydrogens (tertiary/aromatic N) is 4. The van der Waals surface area contributed by atoms with E-state index in [1.54, 1.807) is 25.4 Å². The molecular weight excluding hydrogens is 490 g/mol. The molecule has 4 rings (SSSR count). The van der Waals surface area contributed by atoms with Gasteiger partial charge in [-0.25, -0.2) is 9.97 Å². The molecule has 9 nitrogen and oxygen atoms in total. The molecule has 0 saturated carbocycles. The molecule has 1 amide bonds. The zero-order valence-corrected chi connectivity index (χ0v) is 22.1. The highest BCUT2D eigenvalue weighted by Gasteiger charge is 2.18. The van der Waals surface area contributed by atoms with Crippen LogP contribution >= 0.6 is 11.6 Å². The van der Waals surface area contributed by atoms with Gasteiger partial charge in [0.1, 0.15) is 22.3 Å². The van der Waals surface area contributed by atoms with E-state index in [1.165, 1.54) is 0 Å². The van der Waals surface area contributed by atoms with Gasteiger partial charge in [0, 0.05) is 51.4 Å². The van der Waals surface area contributed by atoms with E-state index in [0.29, 0.717) is 46.8 Å². The van der Waals surface area contributed by atoms with Crippen LogP contribution in [0.5, 0.6) is 5.75 Å². The molecule has 3 heterocycles. The lowest BCUT2D eigenvalue weighted by Gasteiger charge is -2.27. The van der Waals surface area contributed by atoms with Crippen LogP contribution in [0, 0.1) is 6.92 Å². The predicted molar refractivity (Wildman–Crippen MR) is 146 cm³/mol. The number of nitrogens with one attached hydrogen (secondary N) is 3. The number of methoxy groups -OCH3 is 1. The van der Waals surface area contributed by atoms with Gasteiger partial charge in [-0.1, -0.05) is 41.9 Å². The van der Waals surface area contributed by atoms with Crippen molar-refractivity contribution in [1.29, 1.82) is 0 Å². The Hall–Kier alpha value is -3.27. The van der Waals surface area contributed by atoms with Crippen molar-refractivity contribution < 1.29 is 9.53 Å². The third-order valence-corrected chi connectivity index (χ3v) is 6.76. The van der Waals surface area contributed by atoms with Crippen LogP contribution < -0.4 is 20.7 Å². The van der Waals surface area contributed by atoms with Crippen molar-refractivity contribution in [3.8, 4) is 17.3 Å². The zero-order valence-electron chi connectivity index (χ0n) is 21.3. The molecule has 1 aliphatic rings. The van der Waals surface area contributed by atoms with Crippen molar-refractivity contribution in [3.05, 3.63) is 64.9 Å². The molecular formula is C27H34ClN7O2. The average Bonchev–Trinajstić information content (AvgIpc) is 2.94. The number of amides is 1. The highest BCUT2D eigenvalue weighted by atomic mass is 35.5. The van der Waals surface area contributed by atoms with Crippen LogP contribution in [0.15, 0.2) is 48.7 Å². The number of carbonyl (C=O) groups is 1. The van der Waals surface area contributed by atoms with Gasteiger partial charge in [0.25, 0.3) is 0 Å². The van der Waals surface area contributed by atoms with Crippen LogP contribution in [-0.2, 0) is 4.79 Å². The molecule has 1 fully saturated rings. The molecule has 0 aliphatic carbocycles. The van der Waals surface area contributed by atoms with Gasteiger partial charge in [0.15, 0.2) is 5.82 Å². The number of hydrogen-bond acceptors (Lipinski definition) is 8. The van der Waals surface area contributed by atoms with E-state index in [4.69, 9.17) is 16.3 Å². The summed E-state index contributed by atoms with van der Waals surface area (Å²) >= 11 is 6.56. The summed E-state index contributed by atoms with van der Waals surface area (Å²) in [6.07, 6.45) is 2.96. The van der Waals surface area contributed by atoms with Crippen LogP contribution in [0.2, 0.25) is 5.02 Å². The number of hydrogen-bond donors (Lipinski definition) is 3. The lowest BCUT2D eigenvalue weighted by molar-refractivity contribution is -0.121. The van der Waals surface area contributed by atoms with E-state index in [-0.39, 0.29) is 11.9 Å². The Morgan fingerprint density at radius 2 is 1.97 bits per heavy atom. The molecule has 196 valence electrons. The first-order valence-corrected chi connectivity index (χ1v) is 13.0. The summed E-state index contributed by atoms with van der Waals surface area (Å²) in [5.74, 6) is 1.62. The second-order valence-electron chi connectivity index (χ2n) is 8.98. The molecule has 3 aromatic rings. The zero-order chi connectivity index (χ0) is 26.0. The summed E-state index contributed by atoms with van der Waals surface area (Å²) in [6.45, 7) is 7.25. The van der Waals surface area contributed by atoms with Crippen molar-refractivity contribution >= 4 is 23.3 Å². The minimum atomic E-state index is -0.252. The van der Waals surface area contributed by atoms with E-state index in [0.717, 1.165) is 44.7 Å². The minimum Gasteiger partial charge on any atom is -0.497 e. The number of aryl methyl sites for hydroxylation is 1. The Balaban J connectivity index is 1.44. The summed E-state index contributed by atoms with van der Waals surface area (Å²) in [4.78, 5) is 28.8. The fourth-order valence-electron chi connectivity index (χ4n) is 4.25. The van der Waals surface area contributed by atoms with E-state index in [2.05, 4.69) is 35.8 Å². The van der Waals surface area contributed by atoms with Crippen LogP contribution in [-0.4, -0.2) is 72.1 Å². The largest absolute Gasteiger partial charge is 0.497 e. The van der Waals surface area contributed by atoms with Crippen LogP contribution in [0.4, 0.5) is 5.82 Å². The summed E-state index contributed by atoms with van der Waals surface area (Å²) in [5, 5.41) is 10.3. The second kappa shape index (κ2) is 13.3. The van der Waals surface area contributed by atoms with Crippen molar-refractivity contribution in [2.75, 3.05) is 51.7 Å². The van der Waals surface area contributed by atoms with Gasteiger partial charge < -0.3 is 25.6 Å². The summed E-state index contributed by atoms with van der Waals surface area (Å²) in [7, 11) is 1.60. The monoisotopic (exact) mass is 523 g/mol. The molecule has 37 heavy (non-hydrogen) atoms. The SMILES string of the molecule is COc1ccnc(-c2nc(C)c(Cl)c(NC[C@H](NC(=O)CCCN3CCNCC3)c3ccccc3)n2)c1. The van der Waals surface area contributed by atoms with Gasteiger partial charge in [-0.15, -0.1) is 0 Å².